The average Bonchev–Trinajstić information content (AvgIpc) is 3.09. The van der Waals surface area contributed by atoms with Crippen LogP contribution in [0.15, 0.2) is 29.2 Å². The smallest absolute Gasteiger partial charge is 0.244 e. The molecule has 1 amide bonds. The van der Waals surface area contributed by atoms with Crippen LogP contribution in [0.4, 0.5) is 5.69 Å². The third-order valence-corrected chi connectivity index (χ3v) is 4.32. The number of hydrogen-bond acceptors (Lipinski definition) is 4. The Labute approximate surface area is 118 Å². The number of amides is 1. The molecule has 1 aromatic carbocycles. The van der Waals surface area contributed by atoms with Gasteiger partial charge in [0.25, 0.3) is 0 Å². The summed E-state index contributed by atoms with van der Waals surface area (Å²) in [4.78, 5) is 11.8. The van der Waals surface area contributed by atoms with Crippen LogP contribution in [0.3, 0.4) is 0 Å². The van der Waals surface area contributed by atoms with Crippen LogP contribution in [0, 0.1) is 0 Å². The molecule has 0 atom stereocenters. The molecule has 8 heteroatoms. The Morgan fingerprint density at radius 2 is 2.00 bits per heavy atom. The van der Waals surface area contributed by atoms with Crippen molar-refractivity contribution in [2.45, 2.75) is 23.3 Å². The minimum atomic E-state index is -3.51. The molecule has 0 radical (unpaired) electrons. The lowest BCUT2D eigenvalue weighted by molar-refractivity contribution is -0.118. The summed E-state index contributed by atoms with van der Waals surface area (Å²) in [5, 5.41) is 2.62. The lowest BCUT2D eigenvalue weighted by atomic mass is 10.2. The van der Waals surface area contributed by atoms with E-state index in [2.05, 4.69) is 10.0 Å². The predicted molar refractivity (Wildman–Crippen MR) is 74.7 cm³/mol. The van der Waals surface area contributed by atoms with Crippen molar-refractivity contribution in [2.24, 2.45) is 5.73 Å². The van der Waals surface area contributed by atoms with E-state index in [9.17, 15) is 13.2 Å². The first-order chi connectivity index (χ1) is 8.37. The summed E-state index contributed by atoms with van der Waals surface area (Å²) in [5.41, 5.74) is 5.39. The molecule has 6 nitrogen and oxygen atoms in total. The Kier molecular flexibility index (Phi) is 4.57. The zero-order valence-corrected chi connectivity index (χ0v) is 12.0. The third-order valence-electron chi connectivity index (χ3n) is 2.91. The monoisotopic (exact) mass is 305 g/mol. The molecule has 0 heterocycles. The van der Waals surface area contributed by atoms with Gasteiger partial charge in [0.2, 0.25) is 15.9 Å². The highest BCUT2D eigenvalue weighted by molar-refractivity contribution is 7.89. The summed E-state index contributed by atoms with van der Waals surface area (Å²) in [6, 6.07) is 6.04. The molecular weight excluding hydrogens is 290 g/mol. The Bertz CT molecular complexity index is 585. The second-order valence-corrected chi connectivity index (χ2v) is 6.23. The Balaban J connectivity index is 0.00000180. The van der Waals surface area contributed by atoms with Crippen molar-refractivity contribution in [3.63, 3.8) is 0 Å². The molecule has 0 aromatic heterocycles. The summed E-state index contributed by atoms with van der Waals surface area (Å²) in [6.45, 7) is 0. The van der Waals surface area contributed by atoms with Crippen molar-refractivity contribution in [2.75, 3.05) is 12.4 Å². The lowest BCUT2D eigenvalue weighted by Gasteiger charge is -2.11. The van der Waals surface area contributed by atoms with Crippen LogP contribution < -0.4 is 15.8 Å². The summed E-state index contributed by atoms with van der Waals surface area (Å²) in [7, 11) is -2.18. The van der Waals surface area contributed by atoms with E-state index < -0.39 is 15.6 Å². The van der Waals surface area contributed by atoms with Crippen molar-refractivity contribution < 1.29 is 13.2 Å². The van der Waals surface area contributed by atoms with Gasteiger partial charge >= 0.3 is 0 Å². The van der Waals surface area contributed by atoms with Crippen LogP contribution in [-0.4, -0.2) is 26.9 Å². The molecule has 1 saturated carbocycles. The molecule has 0 saturated heterocycles. The fourth-order valence-electron chi connectivity index (χ4n) is 1.48. The molecule has 4 N–H and O–H groups in total. The van der Waals surface area contributed by atoms with Gasteiger partial charge in [-0.1, -0.05) is 6.07 Å². The minimum absolute atomic E-state index is 0. The second-order valence-electron chi connectivity index (χ2n) is 4.35. The maximum Gasteiger partial charge on any atom is 0.244 e. The highest BCUT2D eigenvalue weighted by Crippen LogP contribution is 2.33. The van der Waals surface area contributed by atoms with E-state index in [1.165, 1.54) is 19.2 Å². The molecule has 2 rings (SSSR count). The fraction of sp³-hybridized carbons (Fsp3) is 0.364. The number of benzene rings is 1. The standard InChI is InChI=1S/C11H15N3O3S.ClH/c1-13-18(16,17)9-4-2-3-8(7-9)14-10(15)11(12)5-6-11;/h2-4,7,13H,5-6,12H2,1H3,(H,14,15);1H. The summed E-state index contributed by atoms with van der Waals surface area (Å²) in [5.74, 6) is -0.276. The molecule has 0 unspecified atom stereocenters. The number of sulfonamides is 1. The fourth-order valence-corrected chi connectivity index (χ4v) is 2.25. The van der Waals surface area contributed by atoms with Gasteiger partial charge in [0.1, 0.15) is 0 Å². The van der Waals surface area contributed by atoms with Gasteiger partial charge < -0.3 is 11.1 Å². The molecule has 19 heavy (non-hydrogen) atoms. The zero-order chi connectivity index (χ0) is 13.4. The van der Waals surface area contributed by atoms with Crippen LogP contribution in [0.1, 0.15) is 12.8 Å². The van der Waals surface area contributed by atoms with Gasteiger partial charge in [-0.25, -0.2) is 13.1 Å². The van der Waals surface area contributed by atoms with E-state index in [0.717, 1.165) is 0 Å². The highest BCUT2D eigenvalue weighted by Gasteiger charge is 2.45. The van der Waals surface area contributed by atoms with Crippen LogP contribution in [0.2, 0.25) is 0 Å². The second kappa shape index (κ2) is 5.46. The summed E-state index contributed by atoms with van der Waals surface area (Å²) < 4.78 is 25.4. The first kappa shape index (κ1) is 15.9. The van der Waals surface area contributed by atoms with Crippen LogP contribution in [0.25, 0.3) is 0 Å². The lowest BCUT2D eigenvalue weighted by Crippen LogP contribution is -2.37. The van der Waals surface area contributed by atoms with E-state index in [1.807, 2.05) is 0 Å². The minimum Gasteiger partial charge on any atom is -0.324 e. The molecule has 0 bridgehead atoms. The summed E-state index contributed by atoms with van der Waals surface area (Å²) in [6.07, 6.45) is 1.32. The first-order valence-corrected chi connectivity index (χ1v) is 7.00. The molecule has 1 aliphatic carbocycles. The quantitative estimate of drug-likeness (QED) is 0.751. The Morgan fingerprint density at radius 1 is 1.37 bits per heavy atom. The van der Waals surface area contributed by atoms with E-state index in [-0.39, 0.29) is 23.2 Å². The van der Waals surface area contributed by atoms with E-state index in [1.54, 1.807) is 12.1 Å². The van der Waals surface area contributed by atoms with E-state index in [0.29, 0.717) is 18.5 Å². The molecule has 0 spiro atoms. The molecule has 106 valence electrons. The van der Waals surface area contributed by atoms with Crippen molar-refractivity contribution in [3.8, 4) is 0 Å². The van der Waals surface area contributed by atoms with Crippen LogP contribution >= 0.6 is 12.4 Å². The number of nitrogens with two attached hydrogens (primary N) is 1. The number of halogens is 1. The van der Waals surface area contributed by atoms with E-state index in [4.69, 9.17) is 5.73 Å². The number of carbonyl (C=O) groups is 1. The predicted octanol–water partition coefficient (Wildman–Crippen LogP) is 0.446. The Hall–Kier alpha value is -1.15. The number of carbonyl (C=O) groups excluding carboxylic acids is 1. The molecule has 1 fully saturated rings. The van der Waals surface area contributed by atoms with Gasteiger partial charge in [-0.3, -0.25) is 4.79 Å². The molecule has 1 aliphatic rings. The normalized spacial score (nSPS) is 16.3. The van der Waals surface area contributed by atoms with Crippen molar-refractivity contribution in [1.29, 1.82) is 0 Å². The van der Waals surface area contributed by atoms with Crippen molar-refractivity contribution in [1.82, 2.24) is 4.72 Å². The number of nitrogens with one attached hydrogen (secondary N) is 2. The van der Waals surface area contributed by atoms with Crippen molar-refractivity contribution >= 4 is 34.0 Å². The molecular formula is C11H16ClN3O3S. The van der Waals surface area contributed by atoms with Crippen molar-refractivity contribution in [3.05, 3.63) is 24.3 Å². The van der Waals surface area contributed by atoms with Gasteiger partial charge in [-0.05, 0) is 38.1 Å². The van der Waals surface area contributed by atoms with Crippen LogP contribution in [0.5, 0.6) is 0 Å². The largest absolute Gasteiger partial charge is 0.324 e. The Morgan fingerprint density at radius 3 is 2.53 bits per heavy atom. The topological polar surface area (TPSA) is 101 Å². The number of rotatable bonds is 4. The SMILES string of the molecule is CNS(=O)(=O)c1cccc(NC(=O)C2(N)CC2)c1.Cl. The summed E-state index contributed by atoms with van der Waals surface area (Å²) >= 11 is 0. The third kappa shape index (κ3) is 3.44. The maximum atomic E-state index is 11.7. The number of hydrogen-bond donors (Lipinski definition) is 3. The first-order valence-electron chi connectivity index (χ1n) is 5.51. The average molecular weight is 306 g/mol. The van der Waals surface area contributed by atoms with Gasteiger partial charge in [-0.15, -0.1) is 12.4 Å². The highest BCUT2D eigenvalue weighted by atomic mass is 35.5. The molecule has 1 aromatic rings. The zero-order valence-electron chi connectivity index (χ0n) is 10.3. The van der Waals surface area contributed by atoms with Gasteiger partial charge in [0, 0.05) is 5.69 Å². The van der Waals surface area contributed by atoms with Gasteiger partial charge in [0.15, 0.2) is 0 Å². The van der Waals surface area contributed by atoms with Gasteiger partial charge in [-0.2, -0.15) is 0 Å². The van der Waals surface area contributed by atoms with Crippen LogP contribution in [-0.2, 0) is 14.8 Å². The van der Waals surface area contributed by atoms with Gasteiger partial charge in [0.05, 0.1) is 10.4 Å². The molecule has 0 aliphatic heterocycles. The van der Waals surface area contributed by atoms with E-state index >= 15 is 0 Å². The maximum absolute atomic E-state index is 11.7. The number of anilines is 1.